The lowest BCUT2D eigenvalue weighted by atomic mass is 9.78. The minimum atomic E-state index is 0.234. The lowest BCUT2D eigenvalue weighted by Crippen LogP contribution is -2.60. The van der Waals surface area contributed by atoms with Crippen LogP contribution >= 0.6 is 0 Å². The fourth-order valence-corrected chi connectivity index (χ4v) is 4.25. The van der Waals surface area contributed by atoms with Crippen molar-refractivity contribution in [2.75, 3.05) is 0 Å². The highest BCUT2D eigenvalue weighted by Gasteiger charge is 2.44. The second-order valence-electron chi connectivity index (χ2n) is 7.05. The number of pyridine rings is 1. The molecule has 2 heterocycles. The van der Waals surface area contributed by atoms with Gasteiger partial charge in [0.15, 0.2) is 11.7 Å². The summed E-state index contributed by atoms with van der Waals surface area (Å²) in [5.41, 5.74) is 7.67. The van der Waals surface area contributed by atoms with Crippen LogP contribution in [-0.4, -0.2) is 0 Å². The molecule has 0 saturated heterocycles. The molecule has 0 atom stereocenters. The van der Waals surface area contributed by atoms with Crippen LogP contribution in [-0.2, 0) is 18.4 Å². The summed E-state index contributed by atoms with van der Waals surface area (Å²) in [5.74, 6) is 0. The van der Waals surface area contributed by atoms with Crippen molar-refractivity contribution in [1.82, 2.24) is 0 Å². The van der Waals surface area contributed by atoms with Gasteiger partial charge in [0.2, 0.25) is 5.69 Å². The average molecular weight is 308 g/mol. The summed E-state index contributed by atoms with van der Waals surface area (Å²) < 4.78 is 2.60. The summed E-state index contributed by atoms with van der Waals surface area (Å²) in [7, 11) is 0. The lowest BCUT2D eigenvalue weighted by Gasteiger charge is -2.33. The van der Waals surface area contributed by atoms with Crippen molar-refractivity contribution in [3.05, 3.63) is 53.2 Å². The van der Waals surface area contributed by atoms with E-state index in [0.717, 1.165) is 6.42 Å². The van der Waals surface area contributed by atoms with Crippen LogP contribution in [0.4, 0.5) is 0 Å². The second-order valence-corrected chi connectivity index (χ2v) is 7.05. The van der Waals surface area contributed by atoms with Crippen molar-refractivity contribution in [3.8, 4) is 11.3 Å². The van der Waals surface area contributed by atoms with Crippen molar-refractivity contribution >= 4 is 0 Å². The number of unbranched alkanes of at least 4 members (excludes halogenated alkanes) is 1. The second kappa shape index (κ2) is 6.47. The van der Waals surface area contributed by atoms with Crippen LogP contribution in [0.25, 0.3) is 11.3 Å². The van der Waals surface area contributed by atoms with Crippen LogP contribution in [0.3, 0.4) is 0 Å². The Kier molecular flexibility index (Phi) is 4.57. The first-order valence-electron chi connectivity index (χ1n) is 9.29. The van der Waals surface area contributed by atoms with Crippen LogP contribution < -0.4 is 4.57 Å². The number of fused-ring (bicyclic) bond motifs is 3. The van der Waals surface area contributed by atoms with Crippen molar-refractivity contribution in [1.29, 1.82) is 0 Å². The quantitative estimate of drug-likeness (QED) is 0.654. The molecular weight excluding hydrogens is 278 g/mol. The highest BCUT2D eigenvalue weighted by molar-refractivity contribution is 5.66. The summed E-state index contributed by atoms with van der Waals surface area (Å²) in [5, 5.41) is 0. The molecule has 0 N–H and O–H groups in total. The van der Waals surface area contributed by atoms with Gasteiger partial charge in [-0.15, -0.1) is 0 Å². The summed E-state index contributed by atoms with van der Waals surface area (Å²) >= 11 is 0. The Morgan fingerprint density at radius 2 is 1.78 bits per heavy atom. The molecule has 1 aliphatic rings. The van der Waals surface area contributed by atoms with Gasteiger partial charge in [-0.05, 0) is 37.0 Å². The molecule has 122 valence electrons. The van der Waals surface area contributed by atoms with Gasteiger partial charge in [0, 0.05) is 36.5 Å². The molecule has 0 fully saturated rings. The molecule has 0 saturated carbocycles. The number of hydrogen-bond acceptors (Lipinski definition) is 0. The number of aryl methyl sites for hydroxylation is 1. The largest absolute Gasteiger partial charge is 0.216 e. The zero-order valence-corrected chi connectivity index (χ0v) is 15.2. The Balaban J connectivity index is 2.24. The number of rotatable bonds is 5. The van der Waals surface area contributed by atoms with Crippen molar-refractivity contribution in [3.63, 3.8) is 0 Å². The van der Waals surface area contributed by atoms with Gasteiger partial charge in [-0.2, -0.15) is 4.57 Å². The monoisotopic (exact) mass is 308 g/mol. The molecule has 1 aromatic heterocycles. The third-order valence-electron chi connectivity index (χ3n) is 5.92. The summed E-state index contributed by atoms with van der Waals surface area (Å²) in [4.78, 5) is 0. The molecule has 1 aromatic carbocycles. The first-order valence-corrected chi connectivity index (χ1v) is 9.29. The third kappa shape index (κ3) is 2.60. The maximum atomic E-state index is 2.60. The maximum Gasteiger partial charge on any atom is 0.216 e. The number of aromatic nitrogens is 1. The molecule has 0 unspecified atom stereocenters. The van der Waals surface area contributed by atoms with Crippen molar-refractivity contribution in [2.24, 2.45) is 0 Å². The summed E-state index contributed by atoms with van der Waals surface area (Å²) in [6, 6.07) is 11.4. The van der Waals surface area contributed by atoms with Crippen molar-refractivity contribution in [2.45, 2.75) is 71.8 Å². The minimum Gasteiger partial charge on any atom is -0.192 e. The van der Waals surface area contributed by atoms with E-state index in [2.05, 4.69) is 68.8 Å². The molecule has 0 bridgehead atoms. The number of nitrogens with zero attached hydrogens (tertiary/aromatic N) is 1. The predicted octanol–water partition coefficient (Wildman–Crippen LogP) is 5.36. The Hall–Kier alpha value is -1.63. The van der Waals surface area contributed by atoms with Gasteiger partial charge in [-0.1, -0.05) is 45.4 Å². The Labute approximate surface area is 141 Å². The van der Waals surface area contributed by atoms with Crippen LogP contribution in [0, 0.1) is 6.92 Å². The van der Waals surface area contributed by atoms with E-state index in [-0.39, 0.29) is 5.54 Å². The third-order valence-corrected chi connectivity index (χ3v) is 5.92. The van der Waals surface area contributed by atoms with Crippen LogP contribution in [0.1, 0.15) is 63.1 Å². The van der Waals surface area contributed by atoms with E-state index in [1.807, 2.05) is 0 Å². The summed E-state index contributed by atoms with van der Waals surface area (Å²) in [6.07, 6.45) is 9.63. The van der Waals surface area contributed by atoms with Crippen molar-refractivity contribution < 1.29 is 4.57 Å². The first-order chi connectivity index (χ1) is 11.2. The summed E-state index contributed by atoms with van der Waals surface area (Å²) in [6.45, 7) is 9.29. The zero-order chi connectivity index (χ0) is 16.4. The van der Waals surface area contributed by atoms with E-state index in [1.54, 1.807) is 0 Å². The number of hydrogen-bond donors (Lipinski definition) is 0. The Morgan fingerprint density at radius 3 is 2.48 bits per heavy atom. The van der Waals surface area contributed by atoms with E-state index in [4.69, 9.17) is 0 Å². The molecule has 3 rings (SSSR count). The molecule has 0 spiro atoms. The van der Waals surface area contributed by atoms with E-state index < -0.39 is 0 Å². The van der Waals surface area contributed by atoms with Gasteiger partial charge in [-0.3, -0.25) is 0 Å². The SMILES string of the molecule is CCCCc1cc[n+]2c(c1C)-c1ccccc1CC2(CC)CC. The topological polar surface area (TPSA) is 3.88 Å². The van der Waals surface area contributed by atoms with Gasteiger partial charge >= 0.3 is 0 Å². The van der Waals surface area contributed by atoms with Gasteiger partial charge in [0.05, 0.1) is 0 Å². The molecule has 0 amide bonds. The number of benzene rings is 1. The van der Waals surface area contributed by atoms with E-state index in [0.29, 0.717) is 0 Å². The average Bonchev–Trinajstić information content (AvgIpc) is 2.60. The van der Waals surface area contributed by atoms with Crippen LogP contribution in [0.15, 0.2) is 36.5 Å². The highest BCUT2D eigenvalue weighted by Crippen LogP contribution is 2.38. The first kappa shape index (κ1) is 16.2. The molecule has 23 heavy (non-hydrogen) atoms. The smallest absolute Gasteiger partial charge is 0.192 e. The van der Waals surface area contributed by atoms with Crippen LogP contribution in [0.2, 0.25) is 0 Å². The normalized spacial score (nSPS) is 15.1. The molecule has 1 nitrogen and oxygen atoms in total. The molecular formula is C22H30N+. The predicted molar refractivity (Wildman–Crippen MR) is 97.7 cm³/mol. The van der Waals surface area contributed by atoms with Gasteiger partial charge in [0.25, 0.3) is 0 Å². The van der Waals surface area contributed by atoms with Gasteiger partial charge in [-0.25, -0.2) is 0 Å². The standard InChI is InChI=1S/C22H30N/c1-5-8-11-18-14-15-23-21(17(18)4)20-13-10-9-12-19(20)16-22(23,6-2)7-3/h9-10,12-15H,5-8,11,16H2,1-4H3/q+1. The minimum absolute atomic E-state index is 0.234. The van der Waals surface area contributed by atoms with E-state index in [9.17, 15) is 0 Å². The molecule has 0 radical (unpaired) electrons. The zero-order valence-electron chi connectivity index (χ0n) is 15.2. The maximum absolute atomic E-state index is 2.60. The van der Waals surface area contributed by atoms with E-state index >= 15 is 0 Å². The highest BCUT2D eigenvalue weighted by atomic mass is 15.1. The fraction of sp³-hybridized carbons (Fsp3) is 0.500. The molecule has 2 aromatic rings. The Bertz CT molecular complexity index is 695. The van der Waals surface area contributed by atoms with Gasteiger partial charge < -0.3 is 0 Å². The molecule has 1 heteroatoms. The van der Waals surface area contributed by atoms with Gasteiger partial charge in [0.1, 0.15) is 0 Å². The fourth-order valence-electron chi connectivity index (χ4n) is 4.25. The van der Waals surface area contributed by atoms with Crippen LogP contribution in [0.5, 0.6) is 0 Å². The lowest BCUT2D eigenvalue weighted by molar-refractivity contribution is -0.758. The Morgan fingerprint density at radius 1 is 1.04 bits per heavy atom. The molecule has 0 aliphatic carbocycles. The van der Waals surface area contributed by atoms with E-state index in [1.165, 1.54) is 60.1 Å². The molecule has 1 aliphatic heterocycles.